The zero-order chi connectivity index (χ0) is 43.3. The van der Waals surface area contributed by atoms with Crippen LogP contribution in [0.1, 0.15) is 16.7 Å². The number of carboxylic acids is 4. The van der Waals surface area contributed by atoms with Crippen molar-refractivity contribution < 1.29 is 57.6 Å². The van der Waals surface area contributed by atoms with Gasteiger partial charge in [-0.1, -0.05) is 54.6 Å². The summed E-state index contributed by atoms with van der Waals surface area (Å²) in [5.74, 6) is -5.45. The summed E-state index contributed by atoms with van der Waals surface area (Å²) in [7, 11) is 0. The Morgan fingerprint density at radius 2 is 1.15 bits per heavy atom. The number of anilines is 1. The van der Waals surface area contributed by atoms with Gasteiger partial charge in [-0.2, -0.15) is 18.4 Å². The first kappa shape index (κ1) is 45.4. The molecule has 0 bridgehead atoms. The number of carbonyl (C=O) groups is 5. The van der Waals surface area contributed by atoms with Crippen molar-refractivity contribution >= 4 is 58.1 Å². The Kier molecular flexibility index (Phi) is 16.1. The van der Waals surface area contributed by atoms with Crippen LogP contribution in [0.5, 0.6) is 0 Å². The Morgan fingerprint density at radius 3 is 1.64 bits per heavy atom. The zero-order valence-electron chi connectivity index (χ0n) is 31.2. The predicted octanol–water partition coefficient (Wildman–Crippen LogP) is 3.63. The summed E-state index contributed by atoms with van der Waals surface area (Å²) in [6, 6.07) is 18.7. The maximum absolute atomic E-state index is 14.1. The summed E-state index contributed by atoms with van der Waals surface area (Å²) in [4.78, 5) is 75.6. The number of alkyl halides is 3. The lowest BCUT2D eigenvalue weighted by molar-refractivity contribution is -0.143. The van der Waals surface area contributed by atoms with Crippen molar-refractivity contribution in [2.75, 3.05) is 64.2 Å². The number of rotatable bonds is 22. The highest BCUT2D eigenvalue weighted by molar-refractivity contribution is 8.02. The Morgan fingerprint density at radius 1 is 0.678 bits per heavy atom. The molecule has 4 rings (SSSR count). The molecular weight excluding hydrogens is 802 g/mol. The molecule has 0 aliphatic rings. The lowest BCUT2D eigenvalue weighted by atomic mass is 10.0. The van der Waals surface area contributed by atoms with Gasteiger partial charge in [0.2, 0.25) is 5.91 Å². The van der Waals surface area contributed by atoms with Crippen LogP contribution in [0, 0.1) is 10.7 Å². The molecule has 4 aromatic rings. The van der Waals surface area contributed by atoms with E-state index < -0.39 is 79.8 Å². The fourth-order valence-corrected chi connectivity index (χ4v) is 6.61. The Hall–Kier alpha value is -6.27. The van der Waals surface area contributed by atoms with E-state index >= 15 is 0 Å². The fourth-order valence-electron chi connectivity index (χ4n) is 6.18. The third-order valence-electron chi connectivity index (χ3n) is 8.85. The normalized spacial score (nSPS) is 11.5. The molecule has 0 aliphatic heterocycles. The van der Waals surface area contributed by atoms with E-state index in [0.29, 0.717) is 17.4 Å². The molecule has 20 heteroatoms. The number of aromatic nitrogens is 1. The van der Waals surface area contributed by atoms with Gasteiger partial charge in [-0.15, -0.1) is 0 Å². The van der Waals surface area contributed by atoms with Crippen LogP contribution in [-0.2, 0) is 42.4 Å². The summed E-state index contributed by atoms with van der Waals surface area (Å²) < 4.78 is 43.5. The largest absolute Gasteiger partial charge is 0.480 e. The molecule has 1 aromatic heterocycles. The molecular formula is C39H39F3N6O10S. The van der Waals surface area contributed by atoms with Gasteiger partial charge in [0, 0.05) is 49.1 Å². The predicted molar refractivity (Wildman–Crippen MR) is 210 cm³/mol. The first-order chi connectivity index (χ1) is 27.9. The maximum atomic E-state index is 14.1. The molecule has 0 spiro atoms. The van der Waals surface area contributed by atoms with E-state index in [9.17, 15) is 52.2 Å². The number of carboxylic acid groups (broad SMARTS) is 4. The standard InChI is InChI=1S/C39H39F3N6O10S/c40-39(41,42)31-16-34(50)48(17-25-1-5-27(6-2-25)28-7-3-26(4-8-28)23-59-24-43)32-15-29(9-10-30(31)32)44-33(49)18-46(20-36(53)54)13-11-45(19-35(51)52)12-14-47(21-37(55)56)22-38(57)58/h1-10,15-16H,11-14,17-23H2,(H,44,49)(H,51,52)(H,53,54)(H,55,56)(H,57,58). The van der Waals surface area contributed by atoms with Crippen LogP contribution in [-0.4, -0.2) is 128 Å². The molecule has 0 radical (unpaired) electrons. The van der Waals surface area contributed by atoms with Crippen molar-refractivity contribution in [1.82, 2.24) is 19.3 Å². The number of carbonyl (C=O) groups excluding carboxylic acids is 1. The van der Waals surface area contributed by atoms with Crippen molar-refractivity contribution in [3.8, 4) is 16.5 Å². The van der Waals surface area contributed by atoms with Gasteiger partial charge in [-0.05, 0) is 46.1 Å². The summed E-state index contributed by atoms with van der Waals surface area (Å²) in [5.41, 5.74) is 1.03. The molecule has 59 heavy (non-hydrogen) atoms. The smallest absolute Gasteiger partial charge is 0.417 e. The Balaban J connectivity index is 1.53. The van der Waals surface area contributed by atoms with E-state index in [1.807, 2.05) is 29.7 Å². The van der Waals surface area contributed by atoms with Crippen molar-refractivity contribution in [1.29, 1.82) is 5.26 Å². The number of thioether (sulfide) groups is 1. The van der Waals surface area contributed by atoms with Gasteiger partial charge < -0.3 is 30.3 Å². The van der Waals surface area contributed by atoms with Crippen molar-refractivity contribution in [2.24, 2.45) is 0 Å². The number of nitrogens with one attached hydrogen (secondary N) is 1. The van der Waals surface area contributed by atoms with E-state index in [1.165, 1.54) is 21.9 Å². The third-order valence-corrected chi connectivity index (χ3v) is 9.46. The van der Waals surface area contributed by atoms with Crippen LogP contribution in [0.15, 0.2) is 77.6 Å². The van der Waals surface area contributed by atoms with Gasteiger partial charge >= 0.3 is 30.1 Å². The number of hydrogen-bond donors (Lipinski definition) is 5. The number of nitriles is 1. The molecule has 1 amide bonds. The molecule has 0 saturated heterocycles. The number of hydrogen-bond acceptors (Lipinski definition) is 11. The zero-order valence-corrected chi connectivity index (χ0v) is 32.0. The number of amides is 1. The van der Waals surface area contributed by atoms with Crippen LogP contribution in [0.25, 0.3) is 22.0 Å². The highest BCUT2D eigenvalue weighted by atomic mass is 32.2. The van der Waals surface area contributed by atoms with E-state index in [4.69, 9.17) is 15.5 Å². The topological polar surface area (TPSA) is 234 Å². The monoisotopic (exact) mass is 840 g/mol. The lowest BCUT2D eigenvalue weighted by Crippen LogP contribution is -2.46. The molecule has 0 atom stereocenters. The summed E-state index contributed by atoms with van der Waals surface area (Å²) in [5, 5.41) is 50.1. The SMILES string of the molecule is N#CSCc1ccc(-c2ccc(Cn3c(=O)cc(C(F)(F)F)c4ccc(NC(=O)CN(CCN(CCN(CC(=O)O)CC(=O)O)CC(=O)O)CC(=O)O)cc43)cc2)cc1. The van der Waals surface area contributed by atoms with Gasteiger partial charge in [0.25, 0.3) is 5.56 Å². The number of pyridine rings is 1. The van der Waals surface area contributed by atoms with Crippen molar-refractivity contribution in [2.45, 2.75) is 18.5 Å². The van der Waals surface area contributed by atoms with Crippen LogP contribution < -0.4 is 10.9 Å². The van der Waals surface area contributed by atoms with Gasteiger partial charge in [-0.3, -0.25) is 43.5 Å². The number of nitrogens with zero attached hydrogens (tertiary/aromatic N) is 5. The Labute approximate surface area is 338 Å². The van der Waals surface area contributed by atoms with E-state index in [2.05, 4.69) is 5.32 Å². The van der Waals surface area contributed by atoms with E-state index in [-0.39, 0.29) is 49.3 Å². The van der Waals surface area contributed by atoms with Crippen LogP contribution in [0.2, 0.25) is 0 Å². The molecule has 3 aromatic carbocycles. The quantitative estimate of drug-likeness (QED) is 0.0711. The highest BCUT2D eigenvalue weighted by Gasteiger charge is 2.34. The van der Waals surface area contributed by atoms with Crippen molar-refractivity contribution in [3.05, 3.63) is 99.8 Å². The molecule has 0 unspecified atom stereocenters. The first-order valence-electron chi connectivity index (χ1n) is 17.7. The van der Waals surface area contributed by atoms with Gasteiger partial charge in [0.05, 0.1) is 50.3 Å². The fraction of sp³-hybridized carbons (Fsp3) is 0.308. The number of benzene rings is 3. The second-order valence-corrected chi connectivity index (χ2v) is 14.1. The molecule has 0 saturated carbocycles. The minimum absolute atomic E-state index is 0.00155. The first-order valence-corrected chi connectivity index (χ1v) is 18.7. The third kappa shape index (κ3) is 14.3. The Bertz CT molecular complexity index is 2250. The van der Waals surface area contributed by atoms with Crippen LogP contribution in [0.3, 0.4) is 0 Å². The second-order valence-electron chi connectivity index (χ2n) is 13.3. The number of halogens is 3. The second kappa shape index (κ2) is 20.9. The minimum Gasteiger partial charge on any atom is -0.480 e. The average Bonchev–Trinajstić information content (AvgIpc) is 3.15. The summed E-state index contributed by atoms with van der Waals surface area (Å²) in [6.45, 7) is -3.75. The van der Waals surface area contributed by atoms with Gasteiger partial charge in [-0.25, -0.2) is 0 Å². The molecule has 1 heterocycles. The van der Waals surface area contributed by atoms with Crippen LogP contribution in [0.4, 0.5) is 18.9 Å². The van der Waals surface area contributed by atoms with E-state index in [0.717, 1.165) is 44.0 Å². The minimum atomic E-state index is -4.89. The lowest BCUT2D eigenvalue weighted by Gasteiger charge is -2.27. The van der Waals surface area contributed by atoms with Gasteiger partial charge in [0.1, 0.15) is 5.40 Å². The maximum Gasteiger partial charge on any atom is 0.417 e. The molecule has 16 nitrogen and oxygen atoms in total. The summed E-state index contributed by atoms with van der Waals surface area (Å²) >= 11 is 1.12. The number of thiocyanates is 1. The van der Waals surface area contributed by atoms with Crippen molar-refractivity contribution in [3.63, 3.8) is 0 Å². The molecule has 0 fully saturated rings. The molecule has 5 N–H and O–H groups in total. The highest BCUT2D eigenvalue weighted by Crippen LogP contribution is 2.35. The number of fused-ring (bicyclic) bond motifs is 1. The van der Waals surface area contributed by atoms with Crippen LogP contribution >= 0.6 is 11.8 Å². The van der Waals surface area contributed by atoms with E-state index in [1.54, 1.807) is 24.3 Å². The van der Waals surface area contributed by atoms with Gasteiger partial charge in [0.15, 0.2) is 0 Å². The molecule has 0 aliphatic carbocycles. The number of aliphatic carboxylic acids is 4. The summed E-state index contributed by atoms with van der Waals surface area (Å²) in [6.07, 6.45) is -4.89. The average molecular weight is 841 g/mol. The molecule has 312 valence electrons.